The fourth-order valence-corrected chi connectivity index (χ4v) is 2.52. The van der Waals surface area contributed by atoms with Crippen molar-refractivity contribution in [2.24, 2.45) is 5.92 Å². The Kier molecular flexibility index (Phi) is 5.34. The third kappa shape index (κ3) is 4.29. The maximum atomic E-state index is 9.45. The molecule has 120 valence electrons. The molecule has 0 aliphatic heterocycles. The largest absolute Gasteiger partial charge is 0.508 e. The highest BCUT2D eigenvalue weighted by atomic mass is 16.5. The summed E-state index contributed by atoms with van der Waals surface area (Å²) in [6.45, 7) is 8.85. The Hall–Kier alpha value is -2.40. The van der Waals surface area contributed by atoms with Crippen LogP contribution in [0.15, 0.2) is 48.5 Å². The molecule has 1 atom stereocenters. The zero-order chi connectivity index (χ0) is 16.9. The molecule has 0 saturated carbocycles. The van der Waals surface area contributed by atoms with Crippen molar-refractivity contribution in [3.05, 3.63) is 59.7 Å². The quantitative estimate of drug-likeness (QED) is 0.807. The van der Waals surface area contributed by atoms with Gasteiger partial charge in [-0.25, -0.2) is 0 Å². The summed E-state index contributed by atoms with van der Waals surface area (Å²) in [5, 5.41) is 9.45. The lowest BCUT2D eigenvalue weighted by molar-refractivity contribution is 0.289. The summed E-state index contributed by atoms with van der Waals surface area (Å²) in [6, 6.07) is 15.6. The van der Waals surface area contributed by atoms with Crippen LogP contribution in [0.2, 0.25) is 0 Å². The average molecular weight is 308 g/mol. The number of benzene rings is 2. The van der Waals surface area contributed by atoms with E-state index in [1.807, 2.05) is 31.2 Å². The van der Waals surface area contributed by atoms with Crippen LogP contribution in [-0.2, 0) is 5.41 Å². The van der Waals surface area contributed by atoms with E-state index in [1.165, 1.54) is 5.56 Å². The van der Waals surface area contributed by atoms with E-state index in [9.17, 15) is 5.11 Å². The van der Waals surface area contributed by atoms with Crippen molar-refractivity contribution in [2.45, 2.75) is 33.1 Å². The number of ether oxygens (including phenoxy) is 1. The molecule has 0 aliphatic rings. The predicted octanol–water partition coefficient (Wildman–Crippen LogP) is 4.76. The normalized spacial score (nSPS) is 12.2. The molecule has 0 spiro atoms. The molecule has 0 aliphatic carbocycles. The molecule has 1 unspecified atom stereocenters. The van der Waals surface area contributed by atoms with Crippen LogP contribution in [0, 0.1) is 17.8 Å². The molecular weight excluding hydrogens is 284 g/mol. The molecule has 2 rings (SSSR count). The zero-order valence-electron chi connectivity index (χ0n) is 14.3. The Labute approximate surface area is 139 Å². The van der Waals surface area contributed by atoms with Gasteiger partial charge in [-0.05, 0) is 49.2 Å². The first kappa shape index (κ1) is 17.0. The van der Waals surface area contributed by atoms with Crippen LogP contribution in [-0.4, -0.2) is 11.7 Å². The van der Waals surface area contributed by atoms with E-state index in [4.69, 9.17) is 4.74 Å². The summed E-state index contributed by atoms with van der Waals surface area (Å²) in [5.41, 5.74) is 2.24. The van der Waals surface area contributed by atoms with Crippen LogP contribution >= 0.6 is 0 Å². The van der Waals surface area contributed by atoms with Gasteiger partial charge in [0.1, 0.15) is 18.1 Å². The highest BCUT2D eigenvalue weighted by Crippen LogP contribution is 2.33. The van der Waals surface area contributed by atoms with Crippen LogP contribution in [0.25, 0.3) is 0 Å². The van der Waals surface area contributed by atoms with Gasteiger partial charge in [0, 0.05) is 5.41 Å². The van der Waals surface area contributed by atoms with Crippen LogP contribution in [0.5, 0.6) is 11.5 Å². The molecule has 0 amide bonds. The molecular formula is C21H24O2. The first-order valence-electron chi connectivity index (χ1n) is 7.88. The van der Waals surface area contributed by atoms with Crippen LogP contribution in [0.1, 0.15) is 38.8 Å². The Morgan fingerprint density at radius 3 is 2.04 bits per heavy atom. The molecule has 0 radical (unpaired) electrons. The summed E-state index contributed by atoms with van der Waals surface area (Å²) in [5.74, 6) is 7.37. The topological polar surface area (TPSA) is 29.5 Å². The van der Waals surface area contributed by atoms with Gasteiger partial charge >= 0.3 is 0 Å². The lowest BCUT2D eigenvalue weighted by Gasteiger charge is -2.26. The number of hydrogen-bond donors (Lipinski definition) is 1. The lowest BCUT2D eigenvalue weighted by atomic mass is 9.78. The summed E-state index contributed by atoms with van der Waals surface area (Å²) < 4.78 is 5.77. The Balaban J connectivity index is 2.11. The summed E-state index contributed by atoms with van der Waals surface area (Å²) in [7, 11) is 0. The summed E-state index contributed by atoms with van der Waals surface area (Å²) >= 11 is 0. The second kappa shape index (κ2) is 7.24. The average Bonchev–Trinajstić information content (AvgIpc) is 2.54. The van der Waals surface area contributed by atoms with E-state index in [1.54, 1.807) is 12.1 Å². The van der Waals surface area contributed by atoms with Crippen LogP contribution in [0.4, 0.5) is 0 Å². The van der Waals surface area contributed by atoms with Crippen molar-refractivity contribution < 1.29 is 9.84 Å². The molecule has 2 nitrogen and oxygen atoms in total. The second-order valence-electron chi connectivity index (χ2n) is 6.30. The van der Waals surface area contributed by atoms with Gasteiger partial charge in [0.05, 0.1) is 5.92 Å². The maximum absolute atomic E-state index is 9.45. The minimum absolute atomic E-state index is 0.132. The highest BCUT2D eigenvalue weighted by Gasteiger charge is 2.23. The molecule has 2 aromatic rings. The fourth-order valence-electron chi connectivity index (χ4n) is 2.52. The molecule has 23 heavy (non-hydrogen) atoms. The first-order chi connectivity index (χ1) is 10.9. The van der Waals surface area contributed by atoms with E-state index in [0.717, 1.165) is 11.3 Å². The molecule has 0 bridgehead atoms. The number of aromatic hydroxyl groups is 1. The lowest BCUT2D eigenvalue weighted by Crippen LogP contribution is -2.18. The molecule has 2 aromatic carbocycles. The minimum atomic E-state index is -0.132. The molecule has 0 saturated heterocycles. The Bertz CT molecular complexity index is 685. The van der Waals surface area contributed by atoms with Gasteiger partial charge in [-0.15, -0.1) is 5.92 Å². The Morgan fingerprint density at radius 2 is 1.52 bits per heavy atom. The van der Waals surface area contributed by atoms with Gasteiger partial charge in [-0.2, -0.15) is 0 Å². The van der Waals surface area contributed by atoms with E-state index in [0.29, 0.717) is 6.61 Å². The predicted molar refractivity (Wildman–Crippen MR) is 94.8 cm³/mol. The van der Waals surface area contributed by atoms with Crippen molar-refractivity contribution in [2.75, 3.05) is 6.61 Å². The molecule has 0 heterocycles. The van der Waals surface area contributed by atoms with Crippen molar-refractivity contribution in [3.63, 3.8) is 0 Å². The maximum Gasteiger partial charge on any atom is 0.119 e. The Morgan fingerprint density at radius 1 is 1.00 bits per heavy atom. The minimum Gasteiger partial charge on any atom is -0.508 e. The molecule has 2 heteroatoms. The van der Waals surface area contributed by atoms with Crippen molar-refractivity contribution >= 4 is 0 Å². The van der Waals surface area contributed by atoms with E-state index >= 15 is 0 Å². The van der Waals surface area contributed by atoms with Gasteiger partial charge in [0.15, 0.2) is 0 Å². The number of phenols is 1. The highest BCUT2D eigenvalue weighted by molar-refractivity contribution is 5.41. The molecule has 1 N–H and O–H groups in total. The molecule has 0 aromatic heterocycles. The van der Waals surface area contributed by atoms with Gasteiger partial charge in [0.25, 0.3) is 0 Å². The van der Waals surface area contributed by atoms with Gasteiger partial charge < -0.3 is 9.84 Å². The van der Waals surface area contributed by atoms with Crippen LogP contribution < -0.4 is 4.74 Å². The van der Waals surface area contributed by atoms with E-state index < -0.39 is 0 Å². The smallest absolute Gasteiger partial charge is 0.119 e. The van der Waals surface area contributed by atoms with Crippen molar-refractivity contribution in [1.82, 2.24) is 0 Å². The van der Waals surface area contributed by atoms with Gasteiger partial charge in [0.2, 0.25) is 0 Å². The molecule has 0 fully saturated rings. The fraction of sp³-hybridized carbons (Fsp3) is 0.333. The standard InChI is InChI=1S/C21H24O2/c1-5-6-16(2)15-23-20-13-9-18(10-14-20)21(3,4)17-7-11-19(22)12-8-17/h7-14,16,22H,15H2,1-4H3. The van der Waals surface area contributed by atoms with Gasteiger partial charge in [-0.1, -0.05) is 44.0 Å². The summed E-state index contributed by atoms with van der Waals surface area (Å²) in [6.07, 6.45) is 0. The monoisotopic (exact) mass is 308 g/mol. The van der Waals surface area contributed by atoms with Crippen molar-refractivity contribution in [1.29, 1.82) is 0 Å². The van der Waals surface area contributed by atoms with Crippen molar-refractivity contribution in [3.8, 4) is 23.3 Å². The zero-order valence-corrected chi connectivity index (χ0v) is 14.3. The number of hydrogen-bond acceptors (Lipinski definition) is 2. The van der Waals surface area contributed by atoms with Crippen LogP contribution in [0.3, 0.4) is 0 Å². The van der Waals surface area contributed by atoms with E-state index in [-0.39, 0.29) is 17.1 Å². The van der Waals surface area contributed by atoms with E-state index in [2.05, 4.69) is 44.7 Å². The third-order valence-electron chi connectivity index (χ3n) is 4.06. The summed E-state index contributed by atoms with van der Waals surface area (Å²) in [4.78, 5) is 0. The number of phenolic OH excluding ortho intramolecular Hbond substituents is 1. The second-order valence-corrected chi connectivity index (χ2v) is 6.30. The third-order valence-corrected chi connectivity index (χ3v) is 4.06. The van der Waals surface area contributed by atoms with Gasteiger partial charge in [-0.3, -0.25) is 0 Å². The SMILES string of the molecule is CC#CC(C)COc1ccc(C(C)(C)c2ccc(O)cc2)cc1. The number of rotatable bonds is 5. The first-order valence-corrected chi connectivity index (χ1v) is 7.88.